The first-order chi connectivity index (χ1) is 15.8. The van der Waals surface area contributed by atoms with Gasteiger partial charge in [0.2, 0.25) is 0 Å². The summed E-state index contributed by atoms with van der Waals surface area (Å²) in [4.78, 5) is 11.6. The summed E-state index contributed by atoms with van der Waals surface area (Å²) in [7, 11) is 0. The summed E-state index contributed by atoms with van der Waals surface area (Å²) in [5, 5.41) is 1.00. The Morgan fingerprint density at radius 1 is 0.906 bits per heavy atom. The number of aromatic nitrogens is 2. The first-order valence-corrected chi connectivity index (χ1v) is 10.9. The van der Waals surface area contributed by atoms with E-state index in [9.17, 15) is 4.39 Å². The van der Waals surface area contributed by atoms with Crippen molar-refractivity contribution >= 4 is 16.7 Å². The molecule has 0 atom stereocenters. The van der Waals surface area contributed by atoms with Crippen LogP contribution in [-0.4, -0.2) is 76.0 Å². The summed E-state index contributed by atoms with van der Waals surface area (Å²) in [5.41, 5.74) is 2.76. The molecule has 32 heavy (non-hydrogen) atoms. The fraction of sp³-hybridized carbons (Fsp3) is 0.417. The van der Waals surface area contributed by atoms with Gasteiger partial charge in [-0.15, -0.1) is 0 Å². The third kappa shape index (κ3) is 6.12. The van der Waals surface area contributed by atoms with E-state index < -0.39 is 6.67 Å². The summed E-state index contributed by atoms with van der Waals surface area (Å²) in [5.74, 6) is 1.73. The zero-order valence-corrected chi connectivity index (χ0v) is 18.0. The lowest BCUT2D eigenvalue weighted by molar-refractivity contribution is 0.0325. The van der Waals surface area contributed by atoms with Crippen LogP contribution in [0.1, 0.15) is 0 Å². The van der Waals surface area contributed by atoms with Crippen molar-refractivity contribution in [2.45, 2.75) is 0 Å². The molecule has 3 aromatic rings. The molecule has 2 aromatic heterocycles. The van der Waals surface area contributed by atoms with Crippen molar-refractivity contribution in [1.29, 1.82) is 0 Å². The van der Waals surface area contributed by atoms with Crippen LogP contribution < -0.4 is 9.64 Å². The molecule has 8 heteroatoms. The number of morpholine rings is 1. The minimum absolute atomic E-state index is 0.114. The molecule has 0 radical (unpaired) electrons. The average Bonchev–Trinajstić information content (AvgIpc) is 2.86. The number of hydrogen-bond donors (Lipinski definition) is 0. The van der Waals surface area contributed by atoms with E-state index in [0.717, 1.165) is 60.0 Å². The van der Waals surface area contributed by atoms with Crippen molar-refractivity contribution in [3.63, 3.8) is 0 Å². The first kappa shape index (κ1) is 22.4. The maximum absolute atomic E-state index is 11.9. The fourth-order valence-electron chi connectivity index (χ4n) is 3.47. The van der Waals surface area contributed by atoms with Crippen LogP contribution in [-0.2, 0) is 14.2 Å². The standard InChI is InChI=1S/C24H28FN3O4/c25-7-10-29-13-14-31-15-16-32-21-3-5-22-19(17-21)1-4-23(27-22)20-2-6-24(26-18-20)28-8-11-30-12-9-28/h1-6,17-18H,7-16H2. The van der Waals surface area contributed by atoms with Crippen LogP contribution in [0.2, 0.25) is 0 Å². The Hall–Kier alpha value is -2.81. The van der Waals surface area contributed by atoms with Gasteiger partial charge in [0.05, 0.1) is 50.9 Å². The van der Waals surface area contributed by atoms with E-state index in [1.165, 1.54) is 0 Å². The summed E-state index contributed by atoms with van der Waals surface area (Å²) in [6, 6.07) is 14.0. The monoisotopic (exact) mass is 441 g/mol. The number of alkyl halides is 1. The normalized spacial score (nSPS) is 14.1. The van der Waals surface area contributed by atoms with Gasteiger partial charge in [-0.3, -0.25) is 0 Å². The van der Waals surface area contributed by atoms with Crippen molar-refractivity contribution in [3.05, 3.63) is 48.7 Å². The van der Waals surface area contributed by atoms with Gasteiger partial charge < -0.3 is 23.8 Å². The number of rotatable bonds is 11. The quantitative estimate of drug-likeness (QED) is 0.422. The van der Waals surface area contributed by atoms with Crippen LogP contribution in [0.4, 0.5) is 10.2 Å². The molecule has 1 fully saturated rings. The topological polar surface area (TPSA) is 65.9 Å². The summed E-state index contributed by atoms with van der Waals surface area (Å²) in [6.07, 6.45) is 1.87. The molecule has 170 valence electrons. The highest BCUT2D eigenvalue weighted by molar-refractivity contribution is 5.82. The molecule has 1 aliphatic rings. The highest BCUT2D eigenvalue weighted by atomic mass is 19.1. The Morgan fingerprint density at radius 3 is 2.50 bits per heavy atom. The van der Waals surface area contributed by atoms with E-state index in [4.69, 9.17) is 23.9 Å². The van der Waals surface area contributed by atoms with Gasteiger partial charge in [-0.25, -0.2) is 14.4 Å². The van der Waals surface area contributed by atoms with Gasteiger partial charge in [0, 0.05) is 30.2 Å². The molecule has 1 aliphatic heterocycles. The molecule has 0 aliphatic carbocycles. The zero-order chi connectivity index (χ0) is 22.0. The van der Waals surface area contributed by atoms with Gasteiger partial charge in [-0.1, -0.05) is 6.07 Å². The number of benzene rings is 1. The van der Waals surface area contributed by atoms with Gasteiger partial charge in [0.15, 0.2) is 0 Å². The Labute approximate surface area is 187 Å². The minimum Gasteiger partial charge on any atom is -0.491 e. The fourth-order valence-corrected chi connectivity index (χ4v) is 3.47. The van der Waals surface area contributed by atoms with E-state index in [2.05, 4.69) is 16.0 Å². The SMILES string of the molecule is FCCOCCOCCOc1ccc2nc(-c3ccc(N4CCOCC4)nc3)ccc2c1. The van der Waals surface area contributed by atoms with Crippen LogP contribution in [0.25, 0.3) is 22.2 Å². The molecule has 0 amide bonds. The number of ether oxygens (including phenoxy) is 4. The van der Waals surface area contributed by atoms with Gasteiger partial charge in [0.1, 0.15) is 24.8 Å². The van der Waals surface area contributed by atoms with Crippen molar-refractivity contribution in [2.24, 2.45) is 0 Å². The lowest BCUT2D eigenvalue weighted by Crippen LogP contribution is -2.36. The molecule has 7 nitrogen and oxygen atoms in total. The summed E-state index contributed by atoms with van der Waals surface area (Å²) in [6.45, 7) is 4.55. The molecule has 0 saturated carbocycles. The highest BCUT2D eigenvalue weighted by Gasteiger charge is 2.12. The number of hydrogen-bond acceptors (Lipinski definition) is 7. The van der Waals surface area contributed by atoms with Crippen molar-refractivity contribution in [3.8, 4) is 17.0 Å². The molecule has 1 saturated heterocycles. The Bertz CT molecular complexity index is 981. The van der Waals surface area contributed by atoms with Crippen LogP contribution in [0.5, 0.6) is 5.75 Å². The molecule has 0 unspecified atom stereocenters. The second-order valence-corrected chi connectivity index (χ2v) is 7.32. The second kappa shape index (κ2) is 11.7. The predicted octanol–water partition coefficient (Wildman–Crippen LogP) is 3.51. The van der Waals surface area contributed by atoms with Gasteiger partial charge in [-0.05, 0) is 36.4 Å². The molecular formula is C24H28FN3O4. The highest BCUT2D eigenvalue weighted by Crippen LogP contribution is 2.25. The number of anilines is 1. The van der Waals surface area contributed by atoms with Crippen LogP contribution >= 0.6 is 0 Å². The van der Waals surface area contributed by atoms with Crippen molar-refractivity contribution in [1.82, 2.24) is 9.97 Å². The molecule has 3 heterocycles. The smallest absolute Gasteiger partial charge is 0.128 e. The van der Waals surface area contributed by atoms with E-state index in [-0.39, 0.29) is 6.61 Å². The molecular weight excluding hydrogens is 413 g/mol. The van der Waals surface area contributed by atoms with Gasteiger partial charge >= 0.3 is 0 Å². The summed E-state index contributed by atoms with van der Waals surface area (Å²) >= 11 is 0. The van der Waals surface area contributed by atoms with Crippen LogP contribution in [0.3, 0.4) is 0 Å². The number of halogens is 1. The van der Waals surface area contributed by atoms with Gasteiger partial charge in [-0.2, -0.15) is 0 Å². The molecule has 4 rings (SSSR count). The minimum atomic E-state index is -0.473. The Kier molecular flexibility index (Phi) is 8.19. The lowest BCUT2D eigenvalue weighted by atomic mass is 10.1. The molecule has 0 spiro atoms. The first-order valence-electron chi connectivity index (χ1n) is 10.9. The van der Waals surface area contributed by atoms with Gasteiger partial charge in [0.25, 0.3) is 0 Å². The predicted molar refractivity (Wildman–Crippen MR) is 121 cm³/mol. The van der Waals surface area contributed by atoms with E-state index >= 15 is 0 Å². The largest absolute Gasteiger partial charge is 0.491 e. The molecule has 0 N–H and O–H groups in total. The Morgan fingerprint density at radius 2 is 1.72 bits per heavy atom. The van der Waals surface area contributed by atoms with E-state index in [1.54, 1.807) is 0 Å². The van der Waals surface area contributed by atoms with E-state index in [1.807, 2.05) is 42.6 Å². The van der Waals surface area contributed by atoms with Crippen LogP contribution in [0.15, 0.2) is 48.7 Å². The van der Waals surface area contributed by atoms with E-state index in [0.29, 0.717) is 26.4 Å². The van der Waals surface area contributed by atoms with Crippen molar-refractivity contribution < 1.29 is 23.3 Å². The van der Waals surface area contributed by atoms with Crippen LogP contribution in [0, 0.1) is 0 Å². The number of nitrogens with zero attached hydrogens (tertiary/aromatic N) is 3. The third-order valence-electron chi connectivity index (χ3n) is 5.13. The Balaban J connectivity index is 1.31. The van der Waals surface area contributed by atoms with Crippen molar-refractivity contribution in [2.75, 3.05) is 70.9 Å². The maximum atomic E-state index is 11.9. The third-order valence-corrected chi connectivity index (χ3v) is 5.13. The lowest BCUT2D eigenvalue weighted by Gasteiger charge is -2.27. The number of pyridine rings is 2. The average molecular weight is 442 g/mol. The second-order valence-electron chi connectivity index (χ2n) is 7.32. The zero-order valence-electron chi connectivity index (χ0n) is 18.0. The molecule has 0 bridgehead atoms. The number of fused-ring (bicyclic) bond motifs is 1. The summed E-state index contributed by atoms with van der Waals surface area (Å²) < 4.78 is 33.5. The maximum Gasteiger partial charge on any atom is 0.128 e. The molecule has 1 aromatic carbocycles.